The molecule has 0 saturated carbocycles. The van der Waals surface area contributed by atoms with Crippen LogP contribution in [0, 0.1) is 5.41 Å². The standard InChI is InChI=1S/C22H31N3O4/c26-20-6-7-22(17-25(20)14-18-4-1-2-10-23-18)8-11-24(12-9-22)21(27)16-28-15-19-5-3-13-29-19/h1-2,4,10,19H,3,5-9,11-17H2/t19-/m0/s1. The van der Waals surface area contributed by atoms with Crippen LogP contribution in [0.25, 0.3) is 0 Å². The smallest absolute Gasteiger partial charge is 0.248 e. The van der Waals surface area contributed by atoms with Crippen LogP contribution in [0.15, 0.2) is 24.4 Å². The molecule has 0 radical (unpaired) electrons. The maximum absolute atomic E-state index is 12.5. The molecule has 0 aromatic carbocycles. The first-order valence-corrected chi connectivity index (χ1v) is 10.8. The van der Waals surface area contributed by atoms with Crippen molar-refractivity contribution in [2.45, 2.75) is 51.2 Å². The van der Waals surface area contributed by atoms with Gasteiger partial charge in [-0.1, -0.05) is 6.07 Å². The van der Waals surface area contributed by atoms with E-state index in [1.807, 2.05) is 28.0 Å². The van der Waals surface area contributed by atoms with Gasteiger partial charge in [-0.2, -0.15) is 0 Å². The average Bonchev–Trinajstić information content (AvgIpc) is 3.26. The Hall–Kier alpha value is -1.99. The summed E-state index contributed by atoms with van der Waals surface area (Å²) in [5.41, 5.74) is 1.05. The van der Waals surface area contributed by atoms with E-state index in [-0.39, 0.29) is 29.9 Å². The number of piperidine rings is 2. The fourth-order valence-corrected chi connectivity index (χ4v) is 4.72. The number of hydrogen-bond acceptors (Lipinski definition) is 5. The molecule has 3 saturated heterocycles. The Morgan fingerprint density at radius 3 is 2.86 bits per heavy atom. The molecule has 1 aromatic rings. The summed E-state index contributed by atoms with van der Waals surface area (Å²) < 4.78 is 11.1. The van der Waals surface area contributed by atoms with Crippen LogP contribution in [0.5, 0.6) is 0 Å². The van der Waals surface area contributed by atoms with Crippen LogP contribution in [-0.4, -0.2) is 72.2 Å². The highest BCUT2D eigenvalue weighted by Gasteiger charge is 2.41. The van der Waals surface area contributed by atoms with Gasteiger partial charge in [0.05, 0.1) is 24.9 Å². The number of hydrogen-bond donors (Lipinski definition) is 0. The van der Waals surface area contributed by atoms with Crippen LogP contribution >= 0.6 is 0 Å². The molecule has 1 spiro atoms. The van der Waals surface area contributed by atoms with Crippen molar-refractivity contribution >= 4 is 11.8 Å². The maximum Gasteiger partial charge on any atom is 0.248 e. The van der Waals surface area contributed by atoms with Gasteiger partial charge in [-0.15, -0.1) is 0 Å². The number of rotatable bonds is 6. The molecule has 2 amide bonds. The van der Waals surface area contributed by atoms with Crippen LogP contribution in [0.1, 0.15) is 44.2 Å². The Morgan fingerprint density at radius 2 is 2.14 bits per heavy atom. The zero-order valence-corrected chi connectivity index (χ0v) is 17.1. The molecule has 3 fully saturated rings. The van der Waals surface area contributed by atoms with Crippen molar-refractivity contribution in [1.29, 1.82) is 0 Å². The Morgan fingerprint density at radius 1 is 1.28 bits per heavy atom. The molecular formula is C22H31N3O4. The molecule has 3 aliphatic rings. The van der Waals surface area contributed by atoms with Gasteiger partial charge >= 0.3 is 0 Å². The van der Waals surface area contributed by atoms with Crippen LogP contribution in [-0.2, 0) is 25.6 Å². The third-order valence-corrected chi connectivity index (χ3v) is 6.56. The van der Waals surface area contributed by atoms with Crippen molar-refractivity contribution in [2.24, 2.45) is 5.41 Å². The minimum absolute atomic E-state index is 0.0649. The molecule has 0 N–H and O–H groups in total. The number of aromatic nitrogens is 1. The Kier molecular flexibility index (Phi) is 6.45. The second-order valence-corrected chi connectivity index (χ2v) is 8.60. The zero-order valence-electron chi connectivity index (χ0n) is 17.1. The lowest BCUT2D eigenvalue weighted by molar-refractivity contribution is -0.145. The monoisotopic (exact) mass is 401 g/mol. The first kappa shape index (κ1) is 20.3. The highest BCUT2D eigenvalue weighted by atomic mass is 16.5. The van der Waals surface area contributed by atoms with Gasteiger partial charge in [0.25, 0.3) is 0 Å². The lowest BCUT2D eigenvalue weighted by atomic mass is 9.72. The predicted molar refractivity (Wildman–Crippen MR) is 107 cm³/mol. The topological polar surface area (TPSA) is 72.0 Å². The van der Waals surface area contributed by atoms with Gasteiger partial charge < -0.3 is 19.3 Å². The molecule has 3 aliphatic heterocycles. The number of likely N-dealkylation sites (tertiary alicyclic amines) is 2. The first-order valence-electron chi connectivity index (χ1n) is 10.8. The van der Waals surface area contributed by atoms with Crippen molar-refractivity contribution in [1.82, 2.24) is 14.8 Å². The van der Waals surface area contributed by atoms with Crippen molar-refractivity contribution in [3.05, 3.63) is 30.1 Å². The summed E-state index contributed by atoms with van der Waals surface area (Å²) in [5, 5.41) is 0. The minimum atomic E-state index is 0.0649. The molecule has 1 aromatic heterocycles. The molecule has 4 rings (SSSR count). The van der Waals surface area contributed by atoms with Crippen LogP contribution < -0.4 is 0 Å². The fourth-order valence-electron chi connectivity index (χ4n) is 4.72. The molecular weight excluding hydrogens is 370 g/mol. The average molecular weight is 402 g/mol. The highest BCUT2D eigenvalue weighted by Crippen LogP contribution is 2.40. The van der Waals surface area contributed by atoms with Gasteiger partial charge in [0.15, 0.2) is 0 Å². The molecule has 1 atom stereocenters. The van der Waals surface area contributed by atoms with E-state index < -0.39 is 0 Å². The van der Waals surface area contributed by atoms with Gasteiger partial charge in [-0.25, -0.2) is 0 Å². The summed E-state index contributed by atoms with van der Waals surface area (Å²) in [6.07, 6.45) is 7.41. The van der Waals surface area contributed by atoms with E-state index in [4.69, 9.17) is 9.47 Å². The van der Waals surface area contributed by atoms with Gasteiger partial charge in [0.1, 0.15) is 6.61 Å². The first-order chi connectivity index (χ1) is 14.1. The normalized spacial score (nSPS) is 24.3. The fraction of sp³-hybridized carbons (Fsp3) is 0.682. The lowest BCUT2D eigenvalue weighted by Gasteiger charge is -2.47. The van der Waals surface area contributed by atoms with Crippen molar-refractivity contribution in [3.63, 3.8) is 0 Å². The predicted octanol–water partition coefficient (Wildman–Crippen LogP) is 2.01. The third kappa shape index (κ3) is 5.14. The van der Waals surface area contributed by atoms with E-state index in [9.17, 15) is 9.59 Å². The van der Waals surface area contributed by atoms with Gasteiger partial charge in [0, 0.05) is 38.9 Å². The minimum Gasteiger partial charge on any atom is -0.376 e. The van der Waals surface area contributed by atoms with Gasteiger partial charge in [0.2, 0.25) is 11.8 Å². The Balaban J connectivity index is 1.25. The summed E-state index contributed by atoms with van der Waals surface area (Å²) in [6, 6.07) is 5.81. The van der Waals surface area contributed by atoms with Crippen LogP contribution in [0.4, 0.5) is 0 Å². The quantitative estimate of drug-likeness (QED) is 0.729. The van der Waals surface area contributed by atoms with Gasteiger partial charge in [-0.05, 0) is 49.7 Å². The number of pyridine rings is 1. The zero-order chi connectivity index (χ0) is 20.1. The van der Waals surface area contributed by atoms with E-state index in [0.717, 1.165) is 64.0 Å². The van der Waals surface area contributed by atoms with Crippen molar-refractivity contribution < 1.29 is 19.1 Å². The number of ether oxygens (including phenoxy) is 2. The van der Waals surface area contributed by atoms with E-state index >= 15 is 0 Å². The molecule has 158 valence electrons. The molecule has 4 heterocycles. The molecule has 7 heteroatoms. The summed E-state index contributed by atoms with van der Waals surface area (Å²) in [7, 11) is 0. The summed E-state index contributed by atoms with van der Waals surface area (Å²) in [5.74, 6) is 0.275. The Labute approximate surface area is 172 Å². The number of amides is 2. The van der Waals surface area contributed by atoms with Gasteiger partial charge in [-0.3, -0.25) is 14.6 Å². The lowest BCUT2D eigenvalue weighted by Crippen LogP contribution is -2.52. The number of carbonyl (C=O) groups is 2. The van der Waals surface area contributed by atoms with Crippen LogP contribution in [0.3, 0.4) is 0 Å². The number of nitrogens with zero attached hydrogens (tertiary/aromatic N) is 3. The second kappa shape index (κ2) is 9.22. The summed E-state index contributed by atoms with van der Waals surface area (Å²) in [6.45, 7) is 4.27. The van der Waals surface area contributed by atoms with Crippen molar-refractivity contribution in [2.75, 3.05) is 39.5 Å². The second-order valence-electron chi connectivity index (χ2n) is 8.60. The molecule has 29 heavy (non-hydrogen) atoms. The largest absolute Gasteiger partial charge is 0.376 e. The molecule has 0 bridgehead atoms. The SMILES string of the molecule is O=C(COC[C@@H]1CCCO1)N1CCC2(CCC(=O)N(Cc3ccccn3)C2)CC1. The number of carbonyl (C=O) groups excluding carboxylic acids is 2. The maximum atomic E-state index is 12.5. The third-order valence-electron chi connectivity index (χ3n) is 6.56. The van der Waals surface area contributed by atoms with E-state index in [1.54, 1.807) is 6.20 Å². The van der Waals surface area contributed by atoms with E-state index in [1.165, 1.54) is 0 Å². The summed E-state index contributed by atoms with van der Waals surface area (Å²) in [4.78, 5) is 33.2. The molecule has 0 aliphatic carbocycles. The van der Waals surface area contributed by atoms with E-state index in [2.05, 4.69) is 4.98 Å². The Bertz CT molecular complexity index is 697. The molecule has 7 nitrogen and oxygen atoms in total. The summed E-state index contributed by atoms with van der Waals surface area (Å²) >= 11 is 0. The van der Waals surface area contributed by atoms with E-state index in [0.29, 0.717) is 19.6 Å². The highest BCUT2D eigenvalue weighted by molar-refractivity contribution is 5.78. The van der Waals surface area contributed by atoms with Crippen molar-refractivity contribution in [3.8, 4) is 0 Å². The molecule has 0 unspecified atom stereocenters. The van der Waals surface area contributed by atoms with Crippen LogP contribution in [0.2, 0.25) is 0 Å².